The highest BCUT2D eigenvalue weighted by Gasteiger charge is 2.03. The lowest BCUT2D eigenvalue weighted by Gasteiger charge is -1.91. The fourth-order valence-corrected chi connectivity index (χ4v) is 1.40. The second-order valence-electron chi connectivity index (χ2n) is 3.26. The van der Waals surface area contributed by atoms with Crippen molar-refractivity contribution in [3.8, 4) is 0 Å². The van der Waals surface area contributed by atoms with E-state index in [1.807, 2.05) is 0 Å². The van der Waals surface area contributed by atoms with Crippen LogP contribution in [0.3, 0.4) is 0 Å². The zero-order valence-corrected chi connectivity index (χ0v) is 8.28. The summed E-state index contributed by atoms with van der Waals surface area (Å²) >= 11 is 0. The molecular weight excluding hydrogens is 148 g/mol. The summed E-state index contributed by atoms with van der Waals surface area (Å²) in [6.45, 7) is 6.47. The molecule has 2 heteroatoms. The fraction of sp³-hybridized carbons (Fsp3) is 0.700. The molecule has 1 heterocycles. The van der Waals surface area contributed by atoms with Crippen molar-refractivity contribution in [2.45, 2.75) is 46.5 Å². The molecule has 1 N–H and O–H groups in total. The van der Waals surface area contributed by atoms with Gasteiger partial charge in [-0.1, -0.05) is 20.3 Å². The molecule has 0 bridgehead atoms. The lowest BCUT2D eigenvalue weighted by Crippen LogP contribution is -1.87. The second-order valence-corrected chi connectivity index (χ2v) is 3.26. The summed E-state index contributed by atoms with van der Waals surface area (Å²) in [5, 5.41) is 0. The number of rotatable bonds is 4. The van der Waals surface area contributed by atoms with Crippen LogP contribution < -0.4 is 0 Å². The van der Waals surface area contributed by atoms with Crippen molar-refractivity contribution in [2.75, 3.05) is 0 Å². The summed E-state index contributed by atoms with van der Waals surface area (Å²) in [6, 6.07) is 0. The Kier molecular flexibility index (Phi) is 3.32. The van der Waals surface area contributed by atoms with Crippen LogP contribution in [0.2, 0.25) is 0 Å². The van der Waals surface area contributed by atoms with Gasteiger partial charge in [0.05, 0.1) is 5.69 Å². The van der Waals surface area contributed by atoms with Crippen LogP contribution in [-0.4, -0.2) is 9.97 Å². The highest BCUT2D eigenvalue weighted by Crippen LogP contribution is 2.08. The number of nitrogens with one attached hydrogen (secondary N) is 1. The Morgan fingerprint density at radius 1 is 1.17 bits per heavy atom. The SMILES string of the molecule is CCCc1nc(CCC)c(C)[nH]1. The first kappa shape index (κ1) is 9.30. The molecule has 12 heavy (non-hydrogen) atoms. The summed E-state index contributed by atoms with van der Waals surface area (Å²) in [7, 11) is 0. The molecule has 1 aromatic rings. The van der Waals surface area contributed by atoms with Gasteiger partial charge in [-0.25, -0.2) is 4.98 Å². The van der Waals surface area contributed by atoms with Crippen molar-refractivity contribution in [3.63, 3.8) is 0 Å². The number of hydrogen-bond acceptors (Lipinski definition) is 1. The van der Waals surface area contributed by atoms with Crippen LogP contribution in [0.5, 0.6) is 0 Å². The molecule has 0 amide bonds. The highest BCUT2D eigenvalue weighted by molar-refractivity contribution is 5.13. The average molecular weight is 166 g/mol. The van der Waals surface area contributed by atoms with Crippen LogP contribution in [0.15, 0.2) is 0 Å². The molecule has 1 rings (SSSR count). The first-order valence-electron chi connectivity index (χ1n) is 4.82. The van der Waals surface area contributed by atoms with Gasteiger partial charge >= 0.3 is 0 Å². The Bertz CT molecular complexity index is 238. The predicted octanol–water partition coefficient (Wildman–Crippen LogP) is 2.62. The van der Waals surface area contributed by atoms with Crippen molar-refractivity contribution in [1.82, 2.24) is 9.97 Å². The van der Waals surface area contributed by atoms with Gasteiger partial charge in [-0.15, -0.1) is 0 Å². The minimum atomic E-state index is 1.07. The number of H-pyrrole nitrogens is 1. The molecule has 2 nitrogen and oxygen atoms in total. The molecule has 0 saturated carbocycles. The van der Waals surface area contributed by atoms with E-state index >= 15 is 0 Å². The van der Waals surface area contributed by atoms with Crippen LogP contribution in [0, 0.1) is 6.92 Å². The molecule has 0 aromatic carbocycles. The van der Waals surface area contributed by atoms with Crippen LogP contribution in [0.4, 0.5) is 0 Å². The van der Waals surface area contributed by atoms with Crippen LogP contribution >= 0.6 is 0 Å². The van der Waals surface area contributed by atoms with E-state index in [-0.39, 0.29) is 0 Å². The maximum Gasteiger partial charge on any atom is 0.106 e. The quantitative estimate of drug-likeness (QED) is 0.731. The number of hydrogen-bond donors (Lipinski definition) is 1. The van der Waals surface area contributed by atoms with E-state index in [0.29, 0.717) is 0 Å². The number of nitrogens with zero attached hydrogens (tertiary/aromatic N) is 1. The van der Waals surface area contributed by atoms with Gasteiger partial charge in [-0.05, 0) is 19.8 Å². The normalized spacial score (nSPS) is 10.6. The minimum absolute atomic E-state index is 1.07. The lowest BCUT2D eigenvalue weighted by atomic mass is 10.2. The zero-order valence-electron chi connectivity index (χ0n) is 8.28. The van der Waals surface area contributed by atoms with Gasteiger partial charge in [0.2, 0.25) is 0 Å². The van der Waals surface area contributed by atoms with Gasteiger partial charge in [0.15, 0.2) is 0 Å². The van der Waals surface area contributed by atoms with Gasteiger partial charge in [-0.2, -0.15) is 0 Å². The molecule has 0 aliphatic carbocycles. The molecule has 0 aliphatic heterocycles. The Morgan fingerprint density at radius 2 is 1.83 bits per heavy atom. The van der Waals surface area contributed by atoms with E-state index in [1.54, 1.807) is 0 Å². The third-order valence-electron chi connectivity index (χ3n) is 2.01. The van der Waals surface area contributed by atoms with E-state index < -0.39 is 0 Å². The monoisotopic (exact) mass is 166 g/mol. The standard InChI is InChI=1S/C10H18N2/c1-4-6-9-8(3)11-10(12-9)7-5-2/h4-7H2,1-3H3,(H,11,12). The molecule has 1 aromatic heterocycles. The van der Waals surface area contributed by atoms with Gasteiger partial charge < -0.3 is 4.98 Å². The second kappa shape index (κ2) is 4.29. The third-order valence-corrected chi connectivity index (χ3v) is 2.01. The topological polar surface area (TPSA) is 28.7 Å². The van der Waals surface area contributed by atoms with E-state index in [1.165, 1.54) is 24.2 Å². The highest BCUT2D eigenvalue weighted by atomic mass is 14.9. The van der Waals surface area contributed by atoms with E-state index in [0.717, 1.165) is 18.7 Å². The average Bonchev–Trinajstić information content (AvgIpc) is 2.34. The summed E-state index contributed by atoms with van der Waals surface area (Å²) < 4.78 is 0. The lowest BCUT2D eigenvalue weighted by molar-refractivity contribution is 0.836. The van der Waals surface area contributed by atoms with Crippen LogP contribution in [-0.2, 0) is 12.8 Å². The van der Waals surface area contributed by atoms with E-state index in [9.17, 15) is 0 Å². The van der Waals surface area contributed by atoms with Crippen molar-refractivity contribution in [2.24, 2.45) is 0 Å². The molecule has 68 valence electrons. The summed E-state index contributed by atoms with van der Waals surface area (Å²) in [6.07, 6.45) is 4.52. The maximum atomic E-state index is 4.53. The van der Waals surface area contributed by atoms with Gasteiger partial charge in [0, 0.05) is 12.1 Å². The predicted molar refractivity (Wildman–Crippen MR) is 51.3 cm³/mol. The zero-order chi connectivity index (χ0) is 8.97. The summed E-state index contributed by atoms with van der Waals surface area (Å²) in [5.74, 6) is 1.15. The first-order chi connectivity index (χ1) is 5.77. The maximum absolute atomic E-state index is 4.53. The minimum Gasteiger partial charge on any atom is -0.346 e. The molecule has 0 atom stereocenters. The van der Waals surface area contributed by atoms with Crippen molar-refractivity contribution in [3.05, 3.63) is 17.2 Å². The fourth-order valence-electron chi connectivity index (χ4n) is 1.40. The smallest absolute Gasteiger partial charge is 0.106 e. The van der Waals surface area contributed by atoms with Crippen LogP contribution in [0.25, 0.3) is 0 Å². The largest absolute Gasteiger partial charge is 0.346 e. The van der Waals surface area contributed by atoms with E-state index in [2.05, 4.69) is 30.7 Å². The molecule has 0 aliphatic rings. The van der Waals surface area contributed by atoms with Crippen molar-refractivity contribution < 1.29 is 0 Å². The molecule has 0 saturated heterocycles. The van der Waals surface area contributed by atoms with Gasteiger partial charge in [0.1, 0.15) is 5.82 Å². The van der Waals surface area contributed by atoms with Gasteiger partial charge in [0.25, 0.3) is 0 Å². The number of imidazole rings is 1. The summed E-state index contributed by atoms with van der Waals surface area (Å²) in [4.78, 5) is 7.85. The number of aromatic amines is 1. The Morgan fingerprint density at radius 3 is 2.42 bits per heavy atom. The van der Waals surface area contributed by atoms with Gasteiger partial charge in [-0.3, -0.25) is 0 Å². The molecule has 0 unspecified atom stereocenters. The first-order valence-corrected chi connectivity index (χ1v) is 4.82. The number of aromatic nitrogens is 2. The number of aryl methyl sites for hydroxylation is 3. The molecule has 0 fully saturated rings. The molecular formula is C10H18N2. The molecule has 0 spiro atoms. The van der Waals surface area contributed by atoms with Crippen molar-refractivity contribution >= 4 is 0 Å². The Labute approximate surface area is 74.4 Å². The third kappa shape index (κ3) is 2.10. The summed E-state index contributed by atoms with van der Waals surface area (Å²) in [5.41, 5.74) is 2.50. The Balaban J connectivity index is 2.70. The molecule has 0 radical (unpaired) electrons. The Hall–Kier alpha value is -0.790. The van der Waals surface area contributed by atoms with Crippen molar-refractivity contribution in [1.29, 1.82) is 0 Å². The van der Waals surface area contributed by atoms with Crippen LogP contribution in [0.1, 0.15) is 43.9 Å². The van der Waals surface area contributed by atoms with E-state index in [4.69, 9.17) is 0 Å².